The van der Waals surface area contributed by atoms with Gasteiger partial charge in [-0.15, -0.1) is 0 Å². The SMILES string of the molecule is CCC(NC(=O)CN(c1cccc(C)c1C)S(C)(=O)=O)c1ccccc1. The molecular weight excluding hydrogens is 348 g/mol. The molecule has 0 radical (unpaired) electrons. The molecule has 2 aromatic carbocycles. The second kappa shape index (κ2) is 8.36. The normalized spacial score (nSPS) is 12.5. The molecule has 140 valence electrons. The van der Waals surface area contributed by atoms with E-state index in [-0.39, 0.29) is 18.5 Å². The summed E-state index contributed by atoms with van der Waals surface area (Å²) in [5.41, 5.74) is 3.37. The molecule has 0 aliphatic heterocycles. The van der Waals surface area contributed by atoms with Crippen LogP contribution in [0.25, 0.3) is 0 Å². The molecule has 0 aromatic heterocycles. The minimum absolute atomic E-state index is 0.149. The van der Waals surface area contributed by atoms with Crippen LogP contribution in [0.3, 0.4) is 0 Å². The molecule has 2 aromatic rings. The van der Waals surface area contributed by atoms with Crippen LogP contribution in [0, 0.1) is 13.8 Å². The summed E-state index contributed by atoms with van der Waals surface area (Å²) in [4.78, 5) is 12.6. The second-order valence-corrected chi connectivity index (χ2v) is 8.33. The Morgan fingerprint density at radius 2 is 1.73 bits per heavy atom. The summed E-state index contributed by atoms with van der Waals surface area (Å²) in [6.45, 7) is 5.52. The molecule has 0 aliphatic rings. The van der Waals surface area contributed by atoms with Crippen molar-refractivity contribution in [2.75, 3.05) is 17.1 Å². The number of benzene rings is 2. The van der Waals surface area contributed by atoms with E-state index in [0.717, 1.165) is 29.4 Å². The van der Waals surface area contributed by atoms with Crippen molar-refractivity contribution in [3.05, 3.63) is 65.2 Å². The molecule has 0 bridgehead atoms. The van der Waals surface area contributed by atoms with E-state index in [0.29, 0.717) is 5.69 Å². The summed E-state index contributed by atoms with van der Waals surface area (Å²) >= 11 is 0. The first-order chi connectivity index (χ1) is 12.2. The van der Waals surface area contributed by atoms with E-state index in [2.05, 4.69) is 5.32 Å². The maximum absolute atomic E-state index is 12.6. The van der Waals surface area contributed by atoms with E-state index in [4.69, 9.17) is 0 Å². The number of rotatable bonds is 7. The van der Waals surface area contributed by atoms with Gasteiger partial charge in [-0.05, 0) is 43.0 Å². The number of amides is 1. The van der Waals surface area contributed by atoms with Crippen LogP contribution in [0.15, 0.2) is 48.5 Å². The van der Waals surface area contributed by atoms with Gasteiger partial charge in [-0.2, -0.15) is 0 Å². The number of anilines is 1. The van der Waals surface area contributed by atoms with Gasteiger partial charge >= 0.3 is 0 Å². The third-order valence-electron chi connectivity index (χ3n) is 4.48. The van der Waals surface area contributed by atoms with E-state index in [9.17, 15) is 13.2 Å². The molecule has 0 saturated heterocycles. The first-order valence-corrected chi connectivity index (χ1v) is 10.5. The van der Waals surface area contributed by atoms with Crippen LogP contribution in [0.1, 0.15) is 36.1 Å². The van der Waals surface area contributed by atoms with Crippen LogP contribution in [0.2, 0.25) is 0 Å². The van der Waals surface area contributed by atoms with Gasteiger partial charge in [-0.25, -0.2) is 8.42 Å². The zero-order valence-electron chi connectivity index (χ0n) is 15.7. The standard InChI is InChI=1S/C20H26N2O3S/c1-5-18(17-11-7-6-8-12-17)21-20(23)14-22(26(4,24)25)19-13-9-10-15(2)16(19)3/h6-13,18H,5,14H2,1-4H3,(H,21,23). The molecule has 1 unspecified atom stereocenters. The average molecular weight is 375 g/mol. The minimum atomic E-state index is -3.59. The lowest BCUT2D eigenvalue weighted by atomic mass is 10.0. The van der Waals surface area contributed by atoms with Gasteiger partial charge in [0.15, 0.2) is 0 Å². The molecule has 0 aliphatic carbocycles. The number of nitrogens with zero attached hydrogens (tertiary/aromatic N) is 1. The molecule has 1 amide bonds. The Morgan fingerprint density at radius 1 is 1.08 bits per heavy atom. The first kappa shape index (κ1) is 20.0. The predicted molar refractivity (Wildman–Crippen MR) is 106 cm³/mol. The number of nitrogens with one attached hydrogen (secondary N) is 1. The molecule has 1 atom stereocenters. The predicted octanol–water partition coefficient (Wildman–Crippen LogP) is 3.34. The molecule has 5 nitrogen and oxygen atoms in total. The second-order valence-electron chi connectivity index (χ2n) is 6.43. The Labute approximate surface area is 156 Å². The third kappa shape index (κ3) is 4.85. The lowest BCUT2D eigenvalue weighted by molar-refractivity contribution is -0.120. The van der Waals surface area contributed by atoms with Gasteiger partial charge in [0.2, 0.25) is 15.9 Å². The quantitative estimate of drug-likeness (QED) is 0.808. The van der Waals surface area contributed by atoms with Crippen LogP contribution in [-0.2, 0) is 14.8 Å². The summed E-state index contributed by atoms with van der Waals surface area (Å²) in [6.07, 6.45) is 1.84. The number of carbonyl (C=O) groups is 1. The van der Waals surface area contributed by atoms with Crippen LogP contribution in [-0.4, -0.2) is 27.1 Å². The highest BCUT2D eigenvalue weighted by Crippen LogP contribution is 2.25. The maximum atomic E-state index is 12.6. The Balaban J connectivity index is 2.24. The van der Waals surface area contributed by atoms with Crippen molar-refractivity contribution in [3.63, 3.8) is 0 Å². The first-order valence-electron chi connectivity index (χ1n) is 8.62. The maximum Gasteiger partial charge on any atom is 0.241 e. The number of sulfonamides is 1. The minimum Gasteiger partial charge on any atom is -0.348 e. The lowest BCUT2D eigenvalue weighted by Crippen LogP contribution is -2.41. The molecule has 0 fully saturated rings. The van der Waals surface area contributed by atoms with Gasteiger partial charge in [-0.1, -0.05) is 49.4 Å². The van der Waals surface area contributed by atoms with Crippen LogP contribution in [0.5, 0.6) is 0 Å². The zero-order valence-corrected chi connectivity index (χ0v) is 16.5. The Hall–Kier alpha value is -2.34. The van der Waals surface area contributed by atoms with Crippen LogP contribution < -0.4 is 9.62 Å². The van der Waals surface area contributed by atoms with E-state index in [1.54, 1.807) is 12.1 Å². The van der Waals surface area contributed by atoms with Crippen molar-refractivity contribution >= 4 is 21.6 Å². The summed E-state index contributed by atoms with van der Waals surface area (Å²) < 4.78 is 25.8. The van der Waals surface area contributed by atoms with Crippen molar-refractivity contribution in [2.24, 2.45) is 0 Å². The van der Waals surface area contributed by atoms with Gasteiger partial charge in [0.1, 0.15) is 6.54 Å². The highest BCUT2D eigenvalue weighted by molar-refractivity contribution is 7.92. The smallest absolute Gasteiger partial charge is 0.241 e. The summed E-state index contributed by atoms with van der Waals surface area (Å²) in [6, 6.07) is 15.0. The van der Waals surface area contributed by atoms with Crippen molar-refractivity contribution in [2.45, 2.75) is 33.2 Å². The van der Waals surface area contributed by atoms with Crippen molar-refractivity contribution in [1.29, 1.82) is 0 Å². The molecule has 0 saturated carbocycles. The zero-order chi connectivity index (χ0) is 19.3. The molecule has 0 heterocycles. The van der Waals surface area contributed by atoms with Crippen molar-refractivity contribution < 1.29 is 13.2 Å². The summed E-state index contributed by atoms with van der Waals surface area (Å²) in [5, 5.41) is 2.94. The molecule has 1 N–H and O–H groups in total. The molecular formula is C20H26N2O3S. The molecule has 0 spiro atoms. The van der Waals surface area contributed by atoms with Crippen molar-refractivity contribution in [1.82, 2.24) is 5.32 Å². The number of carbonyl (C=O) groups excluding carboxylic acids is 1. The average Bonchev–Trinajstić information content (AvgIpc) is 2.60. The van der Waals surface area contributed by atoms with Crippen LogP contribution >= 0.6 is 0 Å². The highest BCUT2D eigenvalue weighted by atomic mass is 32.2. The van der Waals surface area contributed by atoms with Gasteiger partial charge < -0.3 is 5.32 Å². The molecule has 26 heavy (non-hydrogen) atoms. The van der Waals surface area contributed by atoms with Crippen LogP contribution in [0.4, 0.5) is 5.69 Å². The number of aryl methyl sites for hydroxylation is 1. The fraction of sp³-hybridized carbons (Fsp3) is 0.350. The van der Waals surface area contributed by atoms with E-state index < -0.39 is 10.0 Å². The monoisotopic (exact) mass is 374 g/mol. The van der Waals surface area contributed by atoms with Gasteiger partial charge in [0, 0.05) is 0 Å². The fourth-order valence-corrected chi connectivity index (χ4v) is 3.77. The lowest BCUT2D eigenvalue weighted by Gasteiger charge is -2.26. The summed E-state index contributed by atoms with van der Waals surface area (Å²) in [5.74, 6) is -0.327. The number of hydrogen-bond acceptors (Lipinski definition) is 3. The van der Waals surface area contributed by atoms with E-state index in [1.807, 2.05) is 57.2 Å². The topological polar surface area (TPSA) is 66.5 Å². The Morgan fingerprint density at radius 3 is 2.31 bits per heavy atom. The Kier molecular flexibility index (Phi) is 6.42. The molecule has 6 heteroatoms. The van der Waals surface area contributed by atoms with Gasteiger partial charge in [-0.3, -0.25) is 9.10 Å². The highest BCUT2D eigenvalue weighted by Gasteiger charge is 2.24. The fourth-order valence-electron chi connectivity index (χ4n) is 2.86. The van der Waals surface area contributed by atoms with Crippen molar-refractivity contribution in [3.8, 4) is 0 Å². The summed E-state index contributed by atoms with van der Waals surface area (Å²) in [7, 11) is -3.59. The number of hydrogen-bond donors (Lipinski definition) is 1. The van der Waals surface area contributed by atoms with E-state index in [1.165, 1.54) is 4.31 Å². The van der Waals surface area contributed by atoms with E-state index >= 15 is 0 Å². The van der Waals surface area contributed by atoms with Gasteiger partial charge in [0.05, 0.1) is 18.0 Å². The third-order valence-corrected chi connectivity index (χ3v) is 5.60. The molecule has 2 rings (SSSR count). The Bertz CT molecular complexity index is 864. The largest absolute Gasteiger partial charge is 0.348 e. The van der Waals surface area contributed by atoms with Gasteiger partial charge in [0.25, 0.3) is 0 Å².